The molecular weight excluding hydrogens is 358 g/mol. The molecule has 1 amide bonds. The predicted molar refractivity (Wildman–Crippen MR) is 106 cm³/mol. The van der Waals surface area contributed by atoms with Crippen molar-refractivity contribution in [2.75, 3.05) is 45.0 Å². The number of fused-ring (bicyclic) bond motifs is 1. The molecule has 2 aromatic carbocycles. The van der Waals surface area contributed by atoms with Gasteiger partial charge in [-0.3, -0.25) is 4.79 Å². The molecule has 0 radical (unpaired) electrons. The third-order valence-corrected chi connectivity index (χ3v) is 3.85. The summed E-state index contributed by atoms with van der Waals surface area (Å²) in [4.78, 5) is 11.6. The summed E-state index contributed by atoms with van der Waals surface area (Å²) in [6.45, 7) is 4.12. The second-order valence-electron chi connectivity index (χ2n) is 6.06. The van der Waals surface area contributed by atoms with Crippen LogP contribution in [0, 0.1) is 11.8 Å². The highest BCUT2D eigenvalue weighted by Gasteiger charge is 2.13. The van der Waals surface area contributed by atoms with Gasteiger partial charge in [0.2, 0.25) is 5.91 Å². The van der Waals surface area contributed by atoms with E-state index >= 15 is 0 Å². The van der Waals surface area contributed by atoms with Gasteiger partial charge in [-0.25, -0.2) is 0 Å². The number of carbonyl (C=O) groups excluding carboxylic acids is 1. The number of rotatable bonds is 1. The van der Waals surface area contributed by atoms with Crippen LogP contribution in [0.1, 0.15) is 18.1 Å². The zero-order valence-corrected chi connectivity index (χ0v) is 15.8. The topological polar surface area (TPSA) is 66.0 Å². The number of hydrogen-bond acceptors (Lipinski definition) is 5. The quantitative estimate of drug-likeness (QED) is 0.770. The lowest BCUT2D eigenvalue weighted by molar-refractivity contribution is -0.114. The molecule has 1 aliphatic heterocycles. The monoisotopic (exact) mass is 381 g/mol. The van der Waals surface area contributed by atoms with E-state index in [0.717, 1.165) is 5.56 Å². The second-order valence-corrected chi connectivity index (χ2v) is 6.06. The minimum Gasteiger partial charge on any atom is -0.487 e. The van der Waals surface area contributed by atoms with E-state index in [0.29, 0.717) is 62.4 Å². The molecule has 0 fully saturated rings. The molecule has 0 bridgehead atoms. The first kappa shape index (κ1) is 19.7. The fourth-order valence-corrected chi connectivity index (χ4v) is 2.59. The largest absolute Gasteiger partial charge is 0.487 e. The van der Waals surface area contributed by atoms with E-state index in [-0.39, 0.29) is 5.91 Å². The van der Waals surface area contributed by atoms with Crippen LogP contribution in [0.25, 0.3) is 0 Å². The molecule has 146 valence electrons. The van der Waals surface area contributed by atoms with Gasteiger partial charge in [-0.15, -0.1) is 0 Å². The lowest BCUT2D eigenvalue weighted by Crippen LogP contribution is -2.16. The molecule has 0 spiro atoms. The minimum atomic E-state index is -0.187. The predicted octanol–water partition coefficient (Wildman–Crippen LogP) is 2.85. The van der Waals surface area contributed by atoms with Gasteiger partial charge in [-0.2, -0.15) is 0 Å². The highest BCUT2D eigenvalue weighted by Crippen LogP contribution is 2.34. The maximum atomic E-state index is 11.6. The first-order chi connectivity index (χ1) is 13.7. The molecule has 6 heteroatoms. The molecule has 0 atom stereocenters. The van der Waals surface area contributed by atoms with Crippen molar-refractivity contribution in [1.29, 1.82) is 0 Å². The summed E-state index contributed by atoms with van der Waals surface area (Å²) in [5, 5.41) is 2.81. The number of hydrogen-bond donors (Lipinski definition) is 1. The summed E-state index contributed by atoms with van der Waals surface area (Å²) in [5.41, 5.74) is 2.10. The van der Waals surface area contributed by atoms with Crippen LogP contribution in [-0.4, -0.2) is 45.5 Å². The van der Waals surface area contributed by atoms with Crippen molar-refractivity contribution in [3.63, 3.8) is 0 Å². The highest BCUT2D eigenvalue weighted by molar-refractivity contribution is 5.91. The van der Waals surface area contributed by atoms with Gasteiger partial charge in [0.05, 0.1) is 37.7 Å². The Morgan fingerprint density at radius 2 is 1.46 bits per heavy atom. The maximum absolute atomic E-state index is 11.6. The van der Waals surface area contributed by atoms with Crippen LogP contribution in [0.15, 0.2) is 42.5 Å². The third-order valence-electron chi connectivity index (χ3n) is 3.85. The van der Waals surface area contributed by atoms with Crippen LogP contribution in [0.4, 0.5) is 5.69 Å². The lowest BCUT2D eigenvalue weighted by Gasteiger charge is -2.17. The lowest BCUT2D eigenvalue weighted by atomic mass is 10.1. The van der Waals surface area contributed by atoms with Crippen molar-refractivity contribution in [1.82, 2.24) is 0 Å². The standard InChI is InChI=1S/C22H23NO5/c1-17(24)23-20-16-22-21(27-13-11-25-9-10-26-12-14-28-22)15-19(20)8-7-18-5-3-2-4-6-18/h2-6,15-16H,9-14H2,1H3,(H,23,24). The van der Waals surface area contributed by atoms with Crippen LogP contribution < -0.4 is 14.8 Å². The van der Waals surface area contributed by atoms with Gasteiger partial charge in [0.15, 0.2) is 11.5 Å². The van der Waals surface area contributed by atoms with Gasteiger partial charge >= 0.3 is 0 Å². The second kappa shape index (κ2) is 10.4. The number of benzene rings is 2. The zero-order valence-electron chi connectivity index (χ0n) is 15.8. The SMILES string of the molecule is CC(=O)Nc1cc2c(cc1C#Cc1ccccc1)OCCOCCOCCO2. The van der Waals surface area contributed by atoms with Crippen LogP contribution in [-0.2, 0) is 14.3 Å². The van der Waals surface area contributed by atoms with Crippen molar-refractivity contribution < 1.29 is 23.7 Å². The Balaban J connectivity index is 1.94. The van der Waals surface area contributed by atoms with Crippen molar-refractivity contribution >= 4 is 11.6 Å². The van der Waals surface area contributed by atoms with Crippen LogP contribution in [0.5, 0.6) is 11.5 Å². The van der Waals surface area contributed by atoms with E-state index < -0.39 is 0 Å². The van der Waals surface area contributed by atoms with Gasteiger partial charge in [-0.1, -0.05) is 30.0 Å². The Labute approximate surface area is 164 Å². The van der Waals surface area contributed by atoms with Crippen molar-refractivity contribution in [2.24, 2.45) is 0 Å². The first-order valence-corrected chi connectivity index (χ1v) is 9.16. The molecule has 2 aromatic rings. The Hall–Kier alpha value is -3.01. The van der Waals surface area contributed by atoms with E-state index in [1.165, 1.54) is 6.92 Å². The molecule has 0 unspecified atom stereocenters. The summed E-state index contributed by atoms with van der Waals surface area (Å²) in [5.74, 6) is 7.11. The highest BCUT2D eigenvalue weighted by atomic mass is 16.6. The molecule has 0 aromatic heterocycles. The Morgan fingerprint density at radius 3 is 2.11 bits per heavy atom. The molecule has 0 saturated carbocycles. The molecule has 0 aliphatic carbocycles. The van der Waals surface area contributed by atoms with Crippen molar-refractivity contribution in [3.05, 3.63) is 53.6 Å². The number of nitrogens with one attached hydrogen (secondary N) is 1. The Kier molecular flexibility index (Phi) is 7.30. The number of anilines is 1. The van der Waals surface area contributed by atoms with Crippen LogP contribution in [0.2, 0.25) is 0 Å². The van der Waals surface area contributed by atoms with Gasteiger partial charge in [0.1, 0.15) is 13.2 Å². The molecule has 3 rings (SSSR count). The van der Waals surface area contributed by atoms with E-state index in [9.17, 15) is 4.79 Å². The third kappa shape index (κ3) is 6.02. The number of ether oxygens (including phenoxy) is 4. The summed E-state index contributed by atoms with van der Waals surface area (Å²) in [7, 11) is 0. The molecule has 6 nitrogen and oxygen atoms in total. The van der Waals surface area contributed by atoms with Gasteiger partial charge < -0.3 is 24.3 Å². The molecular formula is C22H23NO5. The van der Waals surface area contributed by atoms with Crippen molar-refractivity contribution in [3.8, 4) is 23.3 Å². The summed E-state index contributed by atoms with van der Waals surface area (Å²) in [6.07, 6.45) is 0. The van der Waals surface area contributed by atoms with Gasteiger partial charge in [0, 0.05) is 24.6 Å². The Bertz CT molecular complexity index is 854. The maximum Gasteiger partial charge on any atom is 0.221 e. The average Bonchev–Trinajstić information content (AvgIpc) is 2.68. The van der Waals surface area contributed by atoms with E-state index in [2.05, 4.69) is 17.2 Å². The smallest absolute Gasteiger partial charge is 0.221 e. The van der Waals surface area contributed by atoms with Gasteiger partial charge in [0.25, 0.3) is 0 Å². The van der Waals surface area contributed by atoms with Crippen LogP contribution in [0.3, 0.4) is 0 Å². The fraction of sp³-hybridized carbons (Fsp3) is 0.318. The molecule has 28 heavy (non-hydrogen) atoms. The van der Waals surface area contributed by atoms with E-state index in [4.69, 9.17) is 18.9 Å². The Morgan fingerprint density at radius 1 is 0.857 bits per heavy atom. The summed E-state index contributed by atoms with van der Waals surface area (Å²) in [6, 6.07) is 13.2. The summed E-state index contributed by atoms with van der Waals surface area (Å²) < 4.78 is 22.6. The molecule has 1 N–H and O–H groups in total. The first-order valence-electron chi connectivity index (χ1n) is 9.16. The van der Waals surface area contributed by atoms with E-state index in [1.807, 2.05) is 30.3 Å². The zero-order chi connectivity index (χ0) is 19.6. The molecule has 0 saturated heterocycles. The normalized spacial score (nSPS) is 14.6. The molecule has 1 aliphatic rings. The van der Waals surface area contributed by atoms with E-state index in [1.54, 1.807) is 12.1 Å². The minimum absolute atomic E-state index is 0.187. The van der Waals surface area contributed by atoms with Crippen molar-refractivity contribution in [2.45, 2.75) is 6.92 Å². The summed E-state index contributed by atoms with van der Waals surface area (Å²) >= 11 is 0. The average molecular weight is 381 g/mol. The number of amides is 1. The van der Waals surface area contributed by atoms with Gasteiger partial charge in [-0.05, 0) is 12.1 Å². The molecule has 1 heterocycles. The number of carbonyl (C=O) groups is 1. The fourth-order valence-electron chi connectivity index (χ4n) is 2.59. The van der Waals surface area contributed by atoms with Crippen LogP contribution >= 0.6 is 0 Å².